The lowest BCUT2D eigenvalue weighted by molar-refractivity contribution is 0.243. The van der Waals surface area contributed by atoms with Gasteiger partial charge in [-0.25, -0.2) is 0 Å². The Morgan fingerprint density at radius 3 is 2.43 bits per heavy atom. The largest absolute Gasteiger partial charge is 0.0885 e. The van der Waals surface area contributed by atoms with Gasteiger partial charge in [-0.15, -0.1) is 0 Å². The number of allylic oxidation sites excluding steroid dienone is 3. The van der Waals surface area contributed by atoms with Crippen molar-refractivity contribution in [1.82, 2.24) is 0 Å². The third-order valence-electron chi connectivity index (χ3n) is 6.90. The smallest absolute Gasteiger partial charge is 0.00574 e. The molecule has 1 atom stereocenters. The Hall–Kier alpha value is -2.08. The van der Waals surface area contributed by atoms with Crippen LogP contribution in [0, 0.1) is 5.41 Å². The predicted octanol–water partition coefficient (Wildman–Crippen LogP) is 8.12. The van der Waals surface area contributed by atoms with Crippen molar-refractivity contribution in [2.24, 2.45) is 5.41 Å². The van der Waals surface area contributed by atoms with Crippen LogP contribution in [0.15, 0.2) is 60.2 Å². The summed E-state index contributed by atoms with van der Waals surface area (Å²) in [6, 6.07) is 15.9. The van der Waals surface area contributed by atoms with Crippen LogP contribution in [0.2, 0.25) is 0 Å². The molecule has 0 fully saturated rings. The van der Waals surface area contributed by atoms with E-state index in [1.54, 1.807) is 5.57 Å². The van der Waals surface area contributed by atoms with Gasteiger partial charge in [0.25, 0.3) is 0 Å². The van der Waals surface area contributed by atoms with Crippen LogP contribution in [0.4, 0.5) is 0 Å². The van der Waals surface area contributed by atoms with E-state index in [-0.39, 0.29) is 5.41 Å². The average Bonchev–Trinajstić information content (AvgIpc) is 3.10. The molecule has 4 rings (SSSR count). The number of hydrogen-bond acceptors (Lipinski definition) is 0. The maximum atomic E-state index is 2.53. The molecule has 2 aliphatic rings. The van der Waals surface area contributed by atoms with Gasteiger partial charge in [0.1, 0.15) is 0 Å². The van der Waals surface area contributed by atoms with Gasteiger partial charge in [0.2, 0.25) is 0 Å². The Bertz CT molecular complexity index is 919. The number of rotatable bonds is 4. The molecule has 2 aromatic carbocycles. The molecule has 146 valence electrons. The highest BCUT2D eigenvalue weighted by atomic mass is 14.4. The number of hydrogen-bond donors (Lipinski definition) is 0. The monoisotopic (exact) mass is 370 g/mol. The Balaban J connectivity index is 1.72. The van der Waals surface area contributed by atoms with E-state index in [1.807, 2.05) is 0 Å². The van der Waals surface area contributed by atoms with E-state index >= 15 is 0 Å². The van der Waals surface area contributed by atoms with Crippen LogP contribution >= 0.6 is 0 Å². The van der Waals surface area contributed by atoms with Crippen LogP contribution in [0.1, 0.15) is 76.5 Å². The molecule has 0 N–H and O–H groups in total. The van der Waals surface area contributed by atoms with Crippen LogP contribution in [0.25, 0.3) is 17.2 Å². The molecule has 0 saturated heterocycles. The zero-order valence-electron chi connectivity index (χ0n) is 18.0. The van der Waals surface area contributed by atoms with Crippen LogP contribution in [0.5, 0.6) is 0 Å². The van der Waals surface area contributed by atoms with E-state index in [1.165, 1.54) is 59.9 Å². The van der Waals surface area contributed by atoms with Crippen molar-refractivity contribution in [3.63, 3.8) is 0 Å². The van der Waals surface area contributed by atoms with E-state index in [2.05, 4.69) is 88.4 Å². The van der Waals surface area contributed by atoms with Crippen LogP contribution < -0.4 is 0 Å². The van der Waals surface area contributed by atoms with E-state index in [9.17, 15) is 0 Å². The molecule has 0 heteroatoms. The summed E-state index contributed by atoms with van der Waals surface area (Å²) in [6.45, 7) is 9.33. The Morgan fingerprint density at radius 1 is 0.929 bits per heavy atom. The predicted molar refractivity (Wildman–Crippen MR) is 123 cm³/mol. The Labute approximate surface area is 171 Å². The first kappa shape index (κ1) is 19.2. The van der Waals surface area contributed by atoms with Gasteiger partial charge in [0, 0.05) is 0 Å². The molecule has 2 aliphatic carbocycles. The van der Waals surface area contributed by atoms with Gasteiger partial charge in [-0.3, -0.25) is 0 Å². The van der Waals surface area contributed by atoms with Gasteiger partial charge in [-0.05, 0) is 77.2 Å². The topological polar surface area (TPSA) is 0 Å². The maximum Gasteiger partial charge on any atom is -0.00574 e. The van der Waals surface area contributed by atoms with E-state index < -0.39 is 0 Å². The summed E-state index contributed by atoms with van der Waals surface area (Å²) >= 11 is 0. The molecule has 0 spiro atoms. The summed E-state index contributed by atoms with van der Waals surface area (Å²) in [5, 5.41) is 0. The Kier molecular flexibility index (Phi) is 5.08. The first-order chi connectivity index (χ1) is 13.4. The van der Waals surface area contributed by atoms with E-state index in [0.29, 0.717) is 5.41 Å². The van der Waals surface area contributed by atoms with Crippen molar-refractivity contribution >= 4 is 6.08 Å². The normalized spacial score (nSPS) is 21.5. The van der Waals surface area contributed by atoms with Crippen molar-refractivity contribution in [2.45, 2.75) is 71.6 Å². The molecule has 0 nitrogen and oxygen atoms in total. The molecule has 0 aromatic heterocycles. The standard InChI is InChI=1S/C28H34/c1-5-28(16-9-6-10-17-28)20-21-18-22-12-11-14-23(25(22)19-21)24-13-7-8-15-26(24)27(2,3)4/h6-9,11-15,19H,5,10,16-18,20H2,1-4H3. The minimum Gasteiger partial charge on any atom is -0.0885 e. The molecule has 0 heterocycles. The summed E-state index contributed by atoms with van der Waals surface area (Å²) in [7, 11) is 0. The molecule has 0 saturated carbocycles. The van der Waals surface area contributed by atoms with Crippen molar-refractivity contribution in [1.29, 1.82) is 0 Å². The first-order valence-corrected chi connectivity index (χ1v) is 11.0. The van der Waals surface area contributed by atoms with Gasteiger partial charge in [-0.2, -0.15) is 0 Å². The summed E-state index contributed by atoms with van der Waals surface area (Å²) in [5.74, 6) is 0. The molecular weight excluding hydrogens is 336 g/mol. The molecule has 0 aliphatic heterocycles. The van der Waals surface area contributed by atoms with Crippen LogP contribution in [-0.2, 0) is 11.8 Å². The molecular formula is C28H34. The fraction of sp³-hybridized carbons (Fsp3) is 0.429. The molecule has 1 unspecified atom stereocenters. The van der Waals surface area contributed by atoms with Gasteiger partial charge < -0.3 is 0 Å². The van der Waals surface area contributed by atoms with Crippen molar-refractivity contribution in [3.8, 4) is 11.1 Å². The highest BCUT2D eigenvalue weighted by Crippen LogP contribution is 2.45. The molecule has 0 bridgehead atoms. The third kappa shape index (κ3) is 3.62. The second kappa shape index (κ2) is 7.39. The van der Waals surface area contributed by atoms with Gasteiger partial charge in [-0.1, -0.05) is 94.0 Å². The third-order valence-corrected chi connectivity index (χ3v) is 6.90. The summed E-state index contributed by atoms with van der Waals surface area (Å²) < 4.78 is 0. The highest BCUT2D eigenvalue weighted by Gasteiger charge is 2.31. The minimum absolute atomic E-state index is 0.144. The van der Waals surface area contributed by atoms with Crippen molar-refractivity contribution in [3.05, 3.63) is 76.9 Å². The van der Waals surface area contributed by atoms with Crippen LogP contribution in [0.3, 0.4) is 0 Å². The lowest BCUT2D eigenvalue weighted by Crippen LogP contribution is -2.21. The second-order valence-electron chi connectivity index (χ2n) is 9.90. The SMILES string of the molecule is CCC1(CC2=Cc3c(cccc3-c3ccccc3C(C)(C)C)C2)CC=CCC1. The summed E-state index contributed by atoms with van der Waals surface area (Å²) in [6.07, 6.45) is 14.8. The second-order valence-corrected chi connectivity index (χ2v) is 9.90. The quantitative estimate of drug-likeness (QED) is 0.477. The molecule has 2 aromatic rings. The fourth-order valence-corrected chi connectivity index (χ4v) is 5.19. The zero-order chi connectivity index (χ0) is 19.8. The summed E-state index contributed by atoms with van der Waals surface area (Å²) in [4.78, 5) is 0. The molecule has 28 heavy (non-hydrogen) atoms. The lowest BCUT2D eigenvalue weighted by Gasteiger charge is -2.34. The van der Waals surface area contributed by atoms with Crippen LogP contribution in [-0.4, -0.2) is 0 Å². The summed E-state index contributed by atoms with van der Waals surface area (Å²) in [5.41, 5.74) is 9.47. The van der Waals surface area contributed by atoms with E-state index in [4.69, 9.17) is 0 Å². The molecule has 0 radical (unpaired) electrons. The number of fused-ring (bicyclic) bond motifs is 1. The van der Waals surface area contributed by atoms with Crippen molar-refractivity contribution in [2.75, 3.05) is 0 Å². The lowest BCUT2D eigenvalue weighted by atomic mass is 9.70. The molecule has 0 amide bonds. The zero-order valence-corrected chi connectivity index (χ0v) is 18.0. The van der Waals surface area contributed by atoms with Crippen molar-refractivity contribution < 1.29 is 0 Å². The van der Waals surface area contributed by atoms with Gasteiger partial charge >= 0.3 is 0 Å². The fourth-order valence-electron chi connectivity index (χ4n) is 5.19. The minimum atomic E-state index is 0.144. The highest BCUT2D eigenvalue weighted by molar-refractivity contribution is 5.82. The van der Waals surface area contributed by atoms with Gasteiger partial charge in [0.05, 0.1) is 0 Å². The van der Waals surface area contributed by atoms with Gasteiger partial charge in [0.15, 0.2) is 0 Å². The maximum absolute atomic E-state index is 2.53. The average molecular weight is 371 g/mol. The first-order valence-electron chi connectivity index (χ1n) is 11.0. The van der Waals surface area contributed by atoms with E-state index in [0.717, 1.165) is 6.42 Å². The number of benzene rings is 2. The Morgan fingerprint density at radius 2 is 1.71 bits per heavy atom.